The summed E-state index contributed by atoms with van der Waals surface area (Å²) in [5.74, 6) is 0. The van der Waals surface area contributed by atoms with E-state index in [0.29, 0.717) is 16.9 Å². The zero-order valence-electron chi connectivity index (χ0n) is 14.1. The summed E-state index contributed by atoms with van der Waals surface area (Å²) in [5, 5.41) is 10.9. The third-order valence-electron chi connectivity index (χ3n) is 5.62. The summed E-state index contributed by atoms with van der Waals surface area (Å²) in [5.41, 5.74) is 0.313. The molecule has 1 aromatic carbocycles. The highest BCUT2D eigenvalue weighted by Gasteiger charge is 2.41. The Morgan fingerprint density at radius 1 is 1.17 bits per heavy atom. The SMILES string of the molecule is CC(O)(CN1CCC2(CCCC2)C1)c1ccc(S(C)(=O)=O)cc1. The summed E-state index contributed by atoms with van der Waals surface area (Å²) < 4.78 is 23.1. The molecule has 1 saturated carbocycles. The maximum atomic E-state index is 11.5. The van der Waals surface area contributed by atoms with Crippen molar-refractivity contribution in [2.75, 3.05) is 25.9 Å². The first-order valence-electron chi connectivity index (χ1n) is 8.46. The summed E-state index contributed by atoms with van der Waals surface area (Å²) >= 11 is 0. The van der Waals surface area contributed by atoms with Crippen molar-refractivity contribution in [3.8, 4) is 0 Å². The molecule has 1 spiro atoms. The van der Waals surface area contributed by atoms with Gasteiger partial charge in [-0.3, -0.25) is 4.90 Å². The average Bonchev–Trinajstić information content (AvgIpc) is 3.08. The highest BCUT2D eigenvalue weighted by Crippen LogP contribution is 2.45. The van der Waals surface area contributed by atoms with Gasteiger partial charge in [0.15, 0.2) is 9.84 Å². The van der Waals surface area contributed by atoms with Crippen molar-refractivity contribution in [3.05, 3.63) is 29.8 Å². The molecule has 1 aliphatic carbocycles. The molecule has 1 aliphatic heterocycles. The molecule has 3 rings (SSSR count). The van der Waals surface area contributed by atoms with Crippen LogP contribution in [-0.2, 0) is 15.4 Å². The monoisotopic (exact) mass is 337 g/mol. The predicted molar refractivity (Wildman–Crippen MR) is 91.1 cm³/mol. The minimum atomic E-state index is -3.19. The van der Waals surface area contributed by atoms with E-state index in [1.807, 2.05) is 6.92 Å². The van der Waals surface area contributed by atoms with Crippen LogP contribution in [0.25, 0.3) is 0 Å². The molecule has 2 aliphatic rings. The van der Waals surface area contributed by atoms with Gasteiger partial charge >= 0.3 is 0 Å². The van der Waals surface area contributed by atoms with E-state index in [9.17, 15) is 13.5 Å². The van der Waals surface area contributed by atoms with Crippen molar-refractivity contribution in [3.63, 3.8) is 0 Å². The lowest BCUT2D eigenvalue weighted by atomic mass is 9.85. The Morgan fingerprint density at radius 3 is 2.35 bits per heavy atom. The second-order valence-electron chi connectivity index (χ2n) is 7.74. The van der Waals surface area contributed by atoms with Gasteiger partial charge < -0.3 is 5.11 Å². The Hall–Kier alpha value is -0.910. The standard InChI is InChI=1S/C18H27NO3S/c1-17(20,15-5-7-16(8-6-15)23(2,21)22)13-19-12-11-18(14-19)9-3-4-10-18/h5-8,20H,3-4,9-14H2,1-2H3. The Balaban J connectivity index is 1.69. The lowest BCUT2D eigenvalue weighted by Crippen LogP contribution is -2.38. The number of aliphatic hydroxyl groups is 1. The Kier molecular flexibility index (Phi) is 4.32. The zero-order valence-corrected chi connectivity index (χ0v) is 14.9. The van der Waals surface area contributed by atoms with Gasteiger partial charge in [-0.25, -0.2) is 8.42 Å². The molecule has 23 heavy (non-hydrogen) atoms. The molecule has 128 valence electrons. The number of nitrogens with zero attached hydrogens (tertiary/aromatic N) is 1. The molecule has 1 N–H and O–H groups in total. The Morgan fingerprint density at radius 2 is 1.78 bits per heavy atom. The number of sulfone groups is 1. The number of hydrogen-bond donors (Lipinski definition) is 1. The van der Waals surface area contributed by atoms with Gasteiger partial charge in [0, 0.05) is 19.3 Å². The minimum Gasteiger partial charge on any atom is -0.384 e. The van der Waals surface area contributed by atoms with Crippen molar-refractivity contribution in [1.82, 2.24) is 4.90 Å². The van der Waals surface area contributed by atoms with E-state index in [1.54, 1.807) is 24.3 Å². The highest BCUT2D eigenvalue weighted by molar-refractivity contribution is 7.90. The van der Waals surface area contributed by atoms with Gasteiger partial charge in [0.2, 0.25) is 0 Å². The second kappa shape index (κ2) is 5.87. The molecule has 0 amide bonds. The van der Waals surface area contributed by atoms with Gasteiger partial charge in [-0.15, -0.1) is 0 Å². The molecule has 1 atom stereocenters. The maximum absolute atomic E-state index is 11.5. The molecule has 0 bridgehead atoms. The van der Waals surface area contributed by atoms with Crippen LogP contribution in [0.1, 0.15) is 44.6 Å². The fourth-order valence-electron chi connectivity index (χ4n) is 4.28. The van der Waals surface area contributed by atoms with Crippen molar-refractivity contribution in [2.24, 2.45) is 5.41 Å². The minimum absolute atomic E-state index is 0.295. The number of benzene rings is 1. The van der Waals surface area contributed by atoms with E-state index in [4.69, 9.17) is 0 Å². The maximum Gasteiger partial charge on any atom is 0.175 e. The molecular formula is C18H27NO3S. The Bertz CT molecular complexity index is 658. The highest BCUT2D eigenvalue weighted by atomic mass is 32.2. The summed E-state index contributed by atoms with van der Waals surface area (Å²) in [4.78, 5) is 2.67. The van der Waals surface area contributed by atoms with E-state index in [1.165, 1.54) is 38.4 Å². The number of hydrogen-bond acceptors (Lipinski definition) is 4. The van der Waals surface area contributed by atoms with Crippen LogP contribution in [-0.4, -0.2) is 44.3 Å². The molecule has 1 unspecified atom stereocenters. The zero-order chi connectivity index (χ0) is 16.7. The van der Waals surface area contributed by atoms with Gasteiger partial charge in [-0.05, 0) is 55.8 Å². The third-order valence-corrected chi connectivity index (χ3v) is 6.75. The van der Waals surface area contributed by atoms with E-state index in [2.05, 4.69) is 4.90 Å². The fourth-order valence-corrected chi connectivity index (χ4v) is 4.91. The van der Waals surface area contributed by atoms with Crippen LogP contribution in [0.15, 0.2) is 29.2 Å². The molecule has 5 heteroatoms. The largest absolute Gasteiger partial charge is 0.384 e. The van der Waals surface area contributed by atoms with Crippen LogP contribution < -0.4 is 0 Å². The van der Waals surface area contributed by atoms with Gasteiger partial charge in [0.25, 0.3) is 0 Å². The topological polar surface area (TPSA) is 57.6 Å². The van der Waals surface area contributed by atoms with Gasteiger partial charge in [0.05, 0.1) is 10.5 Å². The molecule has 0 radical (unpaired) electrons. The second-order valence-corrected chi connectivity index (χ2v) is 9.75. The quantitative estimate of drug-likeness (QED) is 0.917. The van der Waals surface area contributed by atoms with Crippen LogP contribution >= 0.6 is 0 Å². The predicted octanol–water partition coefficient (Wildman–Crippen LogP) is 2.56. The Labute approximate surface area is 139 Å². The number of rotatable bonds is 4. The van der Waals surface area contributed by atoms with Crippen LogP contribution in [0.4, 0.5) is 0 Å². The van der Waals surface area contributed by atoms with Crippen LogP contribution in [0, 0.1) is 5.41 Å². The molecule has 1 saturated heterocycles. The van der Waals surface area contributed by atoms with E-state index >= 15 is 0 Å². The smallest absolute Gasteiger partial charge is 0.175 e. The van der Waals surface area contributed by atoms with E-state index < -0.39 is 15.4 Å². The molecule has 2 fully saturated rings. The lowest BCUT2D eigenvalue weighted by Gasteiger charge is -2.31. The van der Waals surface area contributed by atoms with Crippen LogP contribution in [0.2, 0.25) is 0 Å². The molecule has 4 nitrogen and oxygen atoms in total. The molecular weight excluding hydrogens is 310 g/mol. The van der Waals surface area contributed by atoms with Gasteiger partial charge in [0.1, 0.15) is 0 Å². The third kappa shape index (κ3) is 3.62. The first-order valence-corrected chi connectivity index (χ1v) is 10.3. The molecule has 0 aromatic heterocycles. The van der Waals surface area contributed by atoms with E-state index in [-0.39, 0.29) is 0 Å². The summed E-state index contributed by atoms with van der Waals surface area (Å²) in [6.07, 6.45) is 7.79. The van der Waals surface area contributed by atoms with Crippen molar-refractivity contribution in [2.45, 2.75) is 49.5 Å². The van der Waals surface area contributed by atoms with Gasteiger partial charge in [-0.1, -0.05) is 25.0 Å². The van der Waals surface area contributed by atoms with Gasteiger partial charge in [-0.2, -0.15) is 0 Å². The fraction of sp³-hybridized carbons (Fsp3) is 0.667. The van der Waals surface area contributed by atoms with Crippen molar-refractivity contribution < 1.29 is 13.5 Å². The lowest BCUT2D eigenvalue weighted by molar-refractivity contribution is 0.0196. The number of likely N-dealkylation sites (tertiary alicyclic amines) is 1. The summed E-state index contributed by atoms with van der Waals surface area (Å²) in [6, 6.07) is 6.64. The molecule has 1 heterocycles. The first kappa shape index (κ1) is 16.9. The van der Waals surface area contributed by atoms with Crippen LogP contribution in [0.5, 0.6) is 0 Å². The van der Waals surface area contributed by atoms with Crippen molar-refractivity contribution in [1.29, 1.82) is 0 Å². The summed E-state index contributed by atoms with van der Waals surface area (Å²) in [7, 11) is -3.19. The summed E-state index contributed by atoms with van der Waals surface area (Å²) in [6.45, 7) is 4.57. The average molecular weight is 337 g/mol. The first-order chi connectivity index (χ1) is 10.7. The van der Waals surface area contributed by atoms with E-state index in [0.717, 1.165) is 18.7 Å². The van der Waals surface area contributed by atoms with Crippen LogP contribution in [0.3, 0.4) is 0 Å². The van der Waals surface area contributed by atoms with Crippen molar-refractivity contribution >= 4 is 9.84 Å². The number of β-amino-alcohol motifs (C(OH)–C–C–N with tert-alkyl or cyclic N) is 1. The molecule has 1 aromatic rings. The normalized spacial score (nSPS) is 24.1.